The molecule has 0 fully saturated rings. The van der Waals surface area contributed by atoms with Gasteiger partial charge in [0, 0.05) is 13.1 Å². The molecule has 1 rings (SSSR count). The predicted octanol–water partition coefficient (Wildman–Crippen LogP) is 3.21. The Labute approximate surface area is 152 Å². The second kappa shape index (κ2) is 11.7. The highest BCUT2D eigenvalue weighted by Crippen LogP contribution is 2.12. The van der Waals surface area contributed by atoms with Gasteiger partial charge in [-0.05, 0) is 30.1 Å². The number of aliphatic imine (C=N–C) groups is 1. The van der Waals surface area contributed by atoms with Crippen LogP contribution in [0.2, 0.25) is 0 Å². The molecule has 0 atom stereocenters. The van der Waals surface area contributed by atoms with Gasteiger partial charge >= 0.3 is 0 Å². The Balaban J connectivity index is 0.00000441. The van der Waals surface area contributed by atoms with E-state index in [4.69, 9.17) is 5.73 Å². The summed E-state index contributed by atoms with van der Waals surface area (Å²) in [6.45, 7) is 13.3. The average molecular weight is 418 g/mol. The van der Waals surface area contributed by atoms with Gasteiger partial charge in [-0.1, -0.05) is 52.0 Å². The van der Waals surface area contributed by atoms with Gasteiger partial charge in [0.2, 0.25) is 0 Å². The third-order valence-corrected chi connectivity index (χ3v) is 3.52. The minimum atomic E-state index is 0. The molecule has 0 aliphatic carbocycles. The number of nitrogens with zero attached hydrogens (tertiary/aromatic N) is 2. The molecule has 0 aromatic heterocycles. The second-order valence-corrected chi connectivity index (χ2v) is 5.71. The molecule has 22 heavy (non-hydrogen) atoms. The van der Waals surface area contributed by atoms with E-state index in [1.54, 1.807) is 0 Å². The predicted molar refractivity (Wildman–Crippen MR) is 107 cm³/mol. The lowest BCUT2D eigenvalue weighted by molar-refractivity contribution is 0.295. The van der Waals surface area contributed by atoms with E-state index in [0.29, 0.717) is 18.4 Å². The topological polar surface area (TPSA) is 53.6 Å². The lowest BCUT2D eigenvalue weighted by atomic mass is 10.1. The average Bonchev–Trinajstić information content (AvgIpc) is 2.49. The van der Waals surface area contributed by atoms with Gasteiger partial charge in [0.15, 0.2) is 5.96 Å². The van der Waals surface area contributed by atoms with Gasteiger partial charge in [-0.2, -0.15) is 0 Å². The van der Waals surface area contributed by atoms with Crippen molar-refractivity contribution in [1.29, 1.82) is 0 Å². The fraction of sp³-hybridized carbons (Fsp3) is 0.588. The van der Waals surface area contributed by atoms with Gasteiger partial charge in [0.25, 0.3) is 0 Å². The Morgan fingerprint density at radius 1 is 1.18 bits per heavy atom. The Morgan fingerprint density at radius 3 is 2.32 bits per heavy atom. The van der Waals surface area contributed by atoms with Gasteiger partial charge in [-0.15, -0.1) is 24.0 Å². The van der Waals surface area contributed by atoms with Gasteiger partial charge < -0.3 is 11.1 Å². The van der Waals surface area contributed by atoms with E-state index in [-0.39, 0.29) is 24.0 Å². The molecule has 0 amide bonds. The van der Waals surface area contributed by atoms with Gasteiger partial charge in [-0.3, -0.25) is 4.90 Å². The van der Waals surface area contributed by atoms with E-state index < -0.39 is 0 Å². The Morgan fingerprint density at radius 2 is 1.77 bits per heavy atom. The summed E-state index contributed by atoms with van der Waals surface area (Å²) >= 11 is 0. The summed E-state index contributed by atoms with van der Waals surface area (Å²) in [6, 6.07) is 8.47. The lowest BCUT2D eigenvalue weighted by Gasteiger charge is -2.19. The quantitative estimate of drug-likeness (QED) is 0.387. The fourth-order valence-corrected chi connectivity index (χ4v) is 2.09. The van der Waals surface area contributed by atoms with E-state index in [1.165, 1.54) is 11.1 Å². The molecule has 0 aliphatic heterocycles. The van der Waals surface area contributed by atoms with Crippen LogP contribution in [0.3, 0.4) is 0 Å². The molecule has 0 heterocycles. The summed E-state index contributed by atoms with van der Waals surface area (Å²) in [6.07, 6.45) is 0. The Kier molecular flexibility index (Phi) is 11.3. The highest BCUT2D eigenvalue weighted by molar-refractivity contribution is 14.0. The Hall–Kier alpha value is -0.820. The largest absolute Gasteiger partial charge is 0.370 e. The molecule has 4 nitrogen and oxygen atoms in total. The number of hydrogen-bond donors (Lipinski definition) is 2. The fourth-order valence-electron chi connectivity index (χ4n) is 2.09. The van der Waals surface area contributed by atoms with Crippen molar-refractivity contribution in [1.82, 2.24) is 10.2 Å². The van der Waals surface area contributed by atoms with Crippen LogP contribution < -0.4 is 11.1 Å². The molecule has 0 saturated heterocycles. The van der Waals surface area contributed by atoms with Crippen LogP contribution in [0.15, 0.2) is 29.3 Å². The van der Waals surface area contributed by atoms with Crippen LogP contribution in [0.1, 0.15) is 38.8 Å². The minimum Gasteiger partial charge on any atom is -0.370 e. The molecule has 1 aromatic rings. The smallest absolute Gasteiger partial charge is 0.188 e. The maximum atomic E-state index is 5.90. The zero-order valence-electron chi connectivity index (χ0n) is 14.3. The molecular formula is C17H31IN4. The normalized spacial score (nSPS) is 11.6. The van der Waals surface area contributed by atoms with E-state index in [2.05, 4.69) is 67.2 Å². The van der Waals surface area contributed by atoms with Crippen molar-refractivity contribution in [3.05, 3.63) is 35.4 Å². The number of rotatable bonds is 8. The van der Waals surface area contributed by atoms with E-state index in [0.717, 1.165) is 26.2 Å². The maximum absolute atomic E-state index is 5.90. The van der Waals surface area contributed by atoms with Crippen molar-refractivity contribution in [2.24, 2.45) is 16.6 Å². The Bertz CT molecular complexity index is 442. The molecule has 0 spiro atoms. The standard InChI is InChI=1S/C17H30N4.HI/c1-5-21(6-2)13-16-10-8-7-9-15(16)12-20-17(18)19-11-14(3)4;/h7-10,14H,5-6,11-13H2,1-4H3,(H3,18,19,20);1H. The minimum absolute atomic E-state index is 0. The molecule has 1 aromatic carbocycles. The van der Waals surface area contributed by atoms with Crippen LogP contribution in [-0.4, -0.2) is 30.5 Å². The van der Waals surface area contributed by atoms with Crippen molar-refractivity contribution >= 4 is 29.9 Å². The molecular weight excluding hydrogens is 387 g/mol. The number of guanidine groups is 1. The number of nitrogens with one attached hydrogen (secondary N) is 1. The first-order valence-electron chi connectivity index (χ1n) is 7.89. The molecule has 0 bridgehead atoms. The van der Waals surface area contributed by atoms with Gasteiger partial charge in [0.1, 0.15) is 0 Å². The molecule has 0 saturated carbocycles. The van der Waals surface area contributed by atoms with Gasteiger partial charge in [-0.25, -0.2) is 4.99 Å². The molecule has 126 valence electrons. The number of nitrogens with two attached hydrogens (primary N) is 1. The summed E-state index contributed by atoms with van der Waals surface area (Å²) in [5.41, 5.74) is 8.49. The SMILES string of the molecule is CCN(CC)Cc1ccccc1CN=C(N)NCC(C)C.I. The van der Waals surface area contributed by atoms with Crippen LogP contribution in [0.25, 0.3) is 0 Å². The first-order valence-corrected chi connectivity index (χ1v) is 7.89. The lowest BCUT2D eigenvalue weighted by Crippen LogP contribution is -2.34. The first-order chi connectivity index (χ1) is 10.1. The molecule has 3 N–H and O–H groups in total. The summed E-state index contributed by atoms with van der Waals surface area (Å²) in [7, 11) is 0. The molecule has 5 heteroatoms. The van der Waals surface area contributed by atoms with Crippen molar-refractivity contribution in [2.75, 3.05) is 19.6 Å². The summed E-state index contributed by atoms with van der Waals surface area (Å²) < 4.78 is 0. The van der Waals surface area contributed by atoms with Crippen LogP contribution in [0, 0.1) is 5.92 Å². The number of halogens is 1. The van der Waals surface area contributed by atoms with Crippen LogP contribution >= 0.6 is 24.0 Å². The zero-order chi connectivity index (χ0) is 15.7. The number of benzene rings is 1. The molecule has 0 aliphatic rings. The summed E-state index contributed by atoms with van der Waals surface area (Å²) in [5, 5.41) is 3.15. The zero-order valence-corrected chi connectivity index (χ0v) is 16.6. The highest BCUT2D eigenvalue weighted by atomic mass is 127. The van der Waals surface area contributed by atoms with Crippen molar-refractivity contribution in [3.63, 3.8) is 0 Å². The summed E-state index contributed by atoms with van der Waals surface area (Å²) in [5.74, 6) is 1.09. The number of hydrogen-bond acceptors (Lipinski definition) is 2. The van der Waals surface area contributed by atoms with E-state index in [1.807, 2.05) is 0 Å². The van der Waals surface area contributed by atoms with Gasteiger partial charge in [0.05, 0.1) is 6.54 Å². The van der Waals surface area contributed by atoms with Crippen LogP contribution in [0.4, 0.5) is 0 Å². The van der Waals surface area contributed by atoms with E-state index in [9.17, 15) is 0 Å². The molecule has 0 radical (unpaired) electrons. The van der Waals surface area contributed by atoms with Crippen LogP contribution in [-0.2, 0) is 13.1 Å². The van der Waals surface area contributed by atoms with Crippen molar-refractivity contribution in [2.45, 2.75) is 40.8 Å². The third kappa shape index (κ3) is 7.98. The molecule has 0 unspecified atom stereocenters. The van der Waals surface area contributed by atoms with E-state index >= 15 is 0 Å². The third-order valence-electron chi connectivity index (χ3n) is 3.52. The van der Waals surface area contributed by atoms with Crippen LogP contribution in [0.5, 0.6) is 0 Å². The first kappa shape index (κ1) is 21.2. The second-order valence-electron chi connectivity index (χ2n) is 5.71. The van der Waals surface area contributed by atoms with Crippen molar-refractivity contribution < 1.29 is 0 Å². The highest BCUT2D eigenvalue weighted by Gasteiger charge is 2.06. The van der Waals surface area contributed by atoms with Crippen molar-refractivity contribution in [3.8, 4) is 0 Å². The maximum Gasteiger partial charge on any atom is 0.188 e. The summed E-state index contributed by atoms with van der Waals surface area (Å²) in [4.78, 5) is 6.86. The monoisotopic (exact) mass is 418 g/mol.